The van der Waals surface area contributed by atoms with Gasteiger partial charge in [-0.25, -0.2) is 0 Å². The molecular formula is C11H9BrClNO. The van der Waals surface area contributed by atoms with E-state index in [4.69, 9.17) is 16.9 Å². The van der Waals surface area contributed by atoms with Gasteiger partial charge in [0.1, 0.15) is 0 Å². The fourth-order valence-electron chi connectivity index (χ4n) is 1.19. The van der Waals surface area contributed by atoms with Crippen LogP contribution in [-0.2, 0) is 5.88 Å². The van der Waals surface area contributed by atoms with Gasteiger partial charge in [0.05, 0.1) is 16.5 Å². The highest BCUT2D eigenvalue weighted by atomic mass is 79.9. The van der Waals surface area contributed by atoms with E-state index >= 15 is 0 Å². The standard InChI is InChI=1S/C11H9BrClNO/c1-7(12)11(15)10-4-8(5-13)2-3-9(10)6-14/h2-4,7H,5H2,1H3. The van der Waals surface area contributed by atoms with Crippen molar-refractivity contribution in [2.24, 2.45) is 0 Å². The van der Waals surface area contributed by atoms with Gasteiger partial charge in [0.25, 0.3) is 0 Å². The molecule has 1 aromatic carbocycles. The first-order chi connectivity index (χ1) is 7.10. The summed E-state index contributed by atoms with van der Waals surface area (Å²) in [6, 6.07) is 7.05. The van der Waals surface area contributed by atoms with Crippen LogP contribution in [-0.4, -0.2) is 10.6 Å². The van der Waals surface area contributed by atoms with Gasteiger partial charge in [0.2, 0.25) is 0 Å². The Bertz CT molecular complexity index is 423. The molecule has 1 aromatic rings. The molecule has 78 valence electrons. The number of alkyl halides is 2. The maximum Gasteiger partial charge on any atom is 0.177 e. The van der Waals surface area contributed by atoms with Crippen LogP contribution >= 0.6 is 27.5 Å². The van der Waals surface area contributed by atoms with Gasteiger partial charge >= 0.3 is 0 Å². The molecule has 0 N–H and O–H groups in total. The molecule has 0 bridgehead atoms. The molecule has 0 spiro atoms. The molecule has 0 aliphatic carbocycles. The van der Waals surface area contributed by atoms with Crippen molar-refractivity contribution < 1.29 is 4.79 Å². The average molecular weight is 287 g/mol. The van der Waals surface area contributed by atoms with E-state index in [0.717, 1.165) is 5.56 Å². The van der Waals surface area contributed by atoms with Crippen LogP contribution < -0.4 is 0 Å². The zero-order valence-electron chi connectivity index (χ0n) is 8.13. The SMILES string of the molecule is CC(Br)C(=O)c1cc(CCl)ccc1C#N. The van der Waals surface area contributed by atoms with Crippen LogP contribution in [0.25, 0.3) is 0 Å². The summed E-state index contributed by atoms with van der Waals surface area (Å²) < 4.78 is 0. The first-order valence-corrected chi connectivity index (χ1v) is 5.82. The number of halogens is 2. The summed E-state index contributed by atoms with van der Waals surface area (Å²) in [5.41, 5.74) is 1.66. The highest BCUT2D eigenvalue weighted by Crippen LogP contribution is 2.17. The van der Waals surface area contributed by atoms with Crippen molar-refractivity contribution in [1.29, 1.82) is 5.26 Å². The van der Waals surface area contributed by atoms with Gasteiger partial charge in [-0.15, -0.1) is 11.6 Å². The summed E-state index contributed by atoms with van der Waals surface area (Å²) in [6.07, 6.45) is 0. The molecule has 0 heterocycles. The molecular weight excluding hydrogens is 277 g/mol. The molecule has 0 aliphatic heterocycles. The Hall–Kier alpha value is -0.850. The topological polar surface area (TPSA) is 40.9 Å². The van der Waals surface area contributed by atoms with Gasteiger partial charge in [-0.1, -0.05) is 22.0 Å². The number of nitriles is 1. The molecule has 0 saturated heterocycles. The first kappa shape index (κ1) is 12.2. The van der Waals surface area contributed by atoms with Gasteiger partial charge in [0, 0.05) is 11.4 Å². The lowest BCUT2D eigenvalue weighted by molar-refractivity contribution is 0.0995. The van der Waals surface area contributed by atoms with E-state index in [1.165, 1.54) is 0 Å². The normalized spacial score (nSPS) is 11.9. The maximum atomic E-state index is 11.8. The van der Waals surface area contributed by atoms with Gasteiger partial charge in [-0.3, -0.25) is 4.79 Å². The third-order valence-corrected chi connectivity index (χ3v) is 2.71. The summed E-state index contributed by atoms with van der Waals surface area (Å²) in [5, 5.41) is 8.86. The predicted molar refractivity (Wildman–Crippen MR) is 63.4 cm³/mol. The summed E-state index contributed by atoms with van der Waals surface area (Å²) in [6.45, 7) is 1.73. The van der Waals surface area contributed by atoms with E-state index in [2.05, 4.69) is 15.9 Å². The zero-order chi connectivity index (χ0) is 11.4. The third-order valence-electron chi connectivity index (χ3n) is 1.99. The summed E-state index contributed by atoms with van der Waals surface area (Å²) in [4.78, 5) is 11.5. The van der Waals surface area contributed by atoms with Crippen LogP contribution in [0.5, 0.6) is 0 Å². The number of benzene rings is 1. The molecule has 1 unspecified atom stereocenters. The molecule has 0 radical (unpaired) electrons. The number of rotatable bonds is 3. The summed E-state index contributed by atoms with van der Waals surface area (Å²) in [7, 11) is 0. The Kier molecular flexibility index (Phi) is 4.31. The Morgan fingerprint density at radius 2 is 2.33 bits per heavy atom. The minimum Gasteiger partial charge on any atom is -0.293 e. The Morgan fingerprint density at radius 3 is 2.80 bits per heavy atom. The van der Waals surface area contributed by atoms with Gasteiger partial charge in [0.15, 0.2) is 5.78 Å². The molecule has 2 nitrogen and oxygen atoms in total. The molecule has 1 rings (SSSR count). The van der Waals surface area contributed by atoms with Gasteiger partial charge in [-0.05, 0) is 24.6 Å². The van der Waals surface area contributed by atoms with Crippen molar-refractivity contribution in [2.45, 2.75) is 17.6 Å². The van der Waals surface area contributed by atoms with Crippen molar-refractivity contribution in [1.82, 2.24) is 0 Å². The quantitative estimate of drug-likeness (QED) is 0.632. The minimum absolute atomic E-state index is 0.0986. The number of nitrogens with zero attached hydrogens (tertiary/aromatic N) is 1. The number of carbonyl (C=O) groups is 1. The lowest BCUT2D eigenvalue weighted by Crippen LogP contribution is -2.12. The third kappa shape index (κ3) is 2.80. The van der Waals surface area contributed by atoms with Crippen LogP contribution in [0.2, 0.25) is 0 Å². The van der Waals surface area contributed by atoms with E-state index in [9.17, 15) is 4.79 Å². The molecule has 0 fully saturated rings. The fourth-order valence-corrected chi connectivity index (χ4v) is 1.60. The second-order valence-electron chi connectivity index (χ2n) is 3.11. The number of ketones is 1. The number of hydrogen-bond donors (Lipinski definition) is 0. The Morgan fingerprint density at radius 1 is 1.67 bits per heavy atom. The van der Waals surface area contributed by atoms with Crippen molar-refractivity contribution in [3.63, 3.8) is 0 Å². The van der Waals surface area contributed by atoms with Gasteiger partial charge in [-0.2, -0.15) is 5.26 Å². The van der Waals surface area contributed by atoms with Gasteiger partial charge < -0.3 is 0 Å². The monoisotopic (exact) mass is 285 g/mol. The van der Waals surface area contributed by atoms with Crippen molar-refractivity contribution in [3.8, 4) is 6.07 Å². The minimum atomic E-state index is -0.296. The highest BCUT2D eigenvalue weighted by Gasteiger charge is 2.16. The van der Waals surface area contributed by atoms with Crippen LogP contribution in [0.15, 0.2) is 18.2 Å². The molecule has 0 amide bonds. The zero-order valence-corrected chi connectivity index (χ0v) is 10.5. The second kappa shape index (κ2) is 5.29. The fraction of sp³-hybridized carbons (Fsp3) is 0.273. The number of Topliss-reactive ketones (excluding diaryl/α,β-unsaturated/α-hetero) is 1. The lowest BCUT2D eigenvalue weighted by Gasteiger charge is -2.06. The molecule has 0 saturated carbocycles. The van der Waals surface area contributed by atoms with Crippen LogP contribution in [0.1, 0.15) is 28.4 Å². The van der Waals surface area contributed by atoms with Crippen LogP contribution in [0.3, 0.4) is 0 Å². The summed E-state index contributed by atoms with van der Waals surface area (Å²) in [5.74, 6) is 0.237. The molecule has 0 aromatic heterocycles. The van der Waals surface area contributed by atoms with Crippen molar-refractivity contribution in [3.05, 3.63) is 34.9 Å². The number of carbonyl (C=O) groups excluding carboxylic acids is 1. The van der Waals surface area contributed by atoms with Crippen LogP contribution in [0.4, 0.5) is 0 Å². The molecule has 15 heavy (non-hydrogen) atoms. The van der Waals surface area contributed by atoms with Crippen molar-refractivity contribution >= 4 is 33.3 Å². The highest BCUT2D eigenvalue weighted by molar-refractivity contribution is 9.10. The predicted octanol–water partition coefficient (Wildman–Crippen LogP) is 3.26. The van der Waals surface area contributed by atoms with E-state index in [-0.39, 0.29) is 10.6 Å². The van der Waals surface area contributed by atoms with Crippen LogP contribution in [0, 0.1) is 11.3 Å². The lowest BCUT2D eigenvalue weighted by atomic mass is 10.0. The molecule has 1 atom stereocenters. The molecule has 4 heteroatoms. The second-order valence-corrected chi connectivity index (χ2v) is 4.75. The van der Waals surface area contributed by atoms with E-state index in [0.29, 0.717) is 17.0 Å². The largest absolute Gasteiger partial charge is 0.293 e. The first-order valence-electron chi connectivity index (χ1n) is 4.37. The van der Waals surface area contributed by atoms with Crippen molar-refractivity contribution in [2.75, 3.05) is 0 Å². The summed E-state index contributed by atoms with van der Waals surface area (Å²) >= 11 is 8.87. The van der Waals surface area contributed by atoms with E-state index < -0.39 is 0 Å². The number of hydrogen-bond acceptors (Lipinski definition) is 2. The average Bonchev–Trinajstić information content (AvgIpc) is 2.27. The maximum absolute atomic E-state index is 11.8. The Balaban J connectivity index is 3.25. The Labute approximate surface area is 102 Å². The smallest absolute Gasteiger partial charge is 0.177 e. The van der Waals surface area contributed by atoms with E-state index in [1.807, 2.05) is 6.07 Å². The molecule has 0 aliphatic rings. The van der Waals surface area contributed by atoms with E-state index in [1.54, 1.807) is 25.1 Å².